The van der Waals surface area contributed by atoms with Crippen molar-refractivity contribution in [3.63, 3.8) is 0 Å². The molecule has 1 amide bonds. The molecule has 0 aromatic carbocycles. The molecule has 0 aliphatic heterocycles. The Hall–Kier alpha value is -1.36. The first-order valence-corrected chi connectivity index (χ1v) is 5.62. The summed E-state index contributed by atoms with van der Waals surface area (Å²) < 4.78 is 5.21. The molecule has 17 heavy (non-hydrogen) atoms. The van der Waals surface area contributed by atoms with Crippen LogP contribution in [0.15, 0.2) is 12.2 Å². The smallest absolute Gasteiger partial charge is 0.303 e. The van der Waals surface area contributed by atoms with Crippen molar-refractivity contribution in [1.29, 1.82) is 0 Å². The molecule has 0 aromatic rings. The van der Waals surface area contributed by atoms with E-state index in [1.54, 1.807) is 6.92 Å². The molecule has 0 fully saturated rings. The standard InChI is InChI=1S/C12H21NO4/c1-9(2)8-17-5-4-13-11(14)6-10(3)7-12(15)16/h10H,1,4-8H2,2-3H3,(H,13,14)(H,15,16). The summed E-state index contributed by atoms with van der Waals surface area (Å²) in [4.78, 5) is 21.7. The fourth-order valence-corrected chi connectivity index (χ4v) is 1.27. The van der Waals surface area contributed by atoms with Crippen LogP contribution in [0.4, 0.5) is 0 Å². The number of aliphatic carboxylic acids is 1. The van der Waals surface area contributed by atoms with E-state index in [1.807, 2.05) is 6.92 Å². The molecule has 0 aliphatic carbocycles. The van der Waals surface area contributed by atoms with Crippen LogP contribution in [0.1, 0.15) is 26.7 Å². The summed E-state index contributed by atoms with van der Waals surface area (Å²) in [6.07, 6.45) is 0.242. The van der Waals surface area contributed by atoms with E-state index in [0.717, 1.165) is 5.57 Å². The fourth-order valence-electron chi connectivity index (χ4n) is 1.27. The van der Waals surface area contributed by atoms with E-state index in [0.29, 0.717) is 19.8 Å². The van der Waals surface area contributed by atoms with Gasteiger partial charge in [-0.15, -0.1) is 0 Å². The topological polar surface area (TPSA) is 75.6 Å². The zero-order chi connectivity index (χ0) is 13.3. The molecule has 0 rings (SSSR count). The van der Waals surface area contributed by atoms with Gasteiger partial charge in [-0.2, -0.15) is 0 Å². The van der Waals surface area contributed by atoms with Crippen molar-refractivity contribution in [2.45, 2.75) is 26.7 Å². The maximum Gasteiger partial charge on any atom is 0.303 e. The van der Waals surface area contributed by atoms with E-state index >= 15 is 0 Å². The Morgan fingerprint density at radius 1 is 1.41 bits per heavy atom. The summed E-state index contributed by atoms with van der Waals surface area (Å²) in [6, 6.07) is 0. The molecule has 5 heteroatoms. The third kappa shape index (κ3) is 10.9. The maximum atomic E-state index is 11.4. The molecule has 0 radical (unpaired) electrons. The Kier molecular flexibility index (Phi) is 8.05. The van der Waals surface area contributed by atoms with E-state index in [4.69, 9.17) is 9.84 Å². The number of nitrogens with one attached hydrogen (secondary N) is 1. The van der Waals surface area contributed by atoms with E-state index < -0.39 is 5.97 Å². The molecule has 0 bridgehead atoms. The van der Waals surface area contributed by atoms with E-state index in [9.17, 15) is 9.59 Å². The van der Waals surface area contributed by atoms with Gasteiger partial charge in [0.2, 0.25) is 5.91 Å². The van der Waals surface area contributed by atoms with Gasteiger partial charge in [-0.05, 0) is 12.8 Å². The van der Waals surface area contributed by atoms with Crippen LogP contribution >= 0.6 is 0 Å². The van der Waals surface area contributed by atoms with Crippen LogP contribution < -0.4 is 5.32 Å². The highest BCUT2D eigenvalue weighted by molar-refractivity contribution is 5.77. The lowest BCUT2D eigenvalue weighted by Crippen LogP contribution is -2.29. The molecule has 5 nitrogen and oxygen atoms in total. The van der Waals surface area contributed by atoms with Crippen LogP contribution in [0.2, 0.25) is 0 Å². The first kappa shape index (κ1) is 15.6. The van der Waals surface area contributed by atoms with Crippen LogP contribution in [-0.4, -0.2) is 36.7 Å². The summed E-state index contributed by atoms with van der Waals surface area (Å²) in [5.74, 6) is -1.17. The third-order valence-corrected chi connectivity index (χ3v) is 1.97. The lowest BCUT2D eigenvalue weighted by molar-refractivity contribution is -0.138. The molecule has 0 aromatic heterocycles. The van der Waals surface area contributed by atoms with Gasteiger partial charge in [0.25, 0.3) is 0 Å². The molecular weight excluding hydrogens is 222 g/mol. The van der Waals surface area contributed by atoms with Crippen LogP contribution in [0, 0.1) is 5.92 Å². The van der Waals surface area contributed by atoms with Crippen molar-refractivity contribution in [3.05, 3.63) is 12.2 Å². The van der Waals surface area contributed by atoms with Gasteiger partial charge in [0.15, 0.2) is 0 Å². The number of hydrogen-bond acceptors (Lipinski definition) is 3. The first-order valence-electron chi connectivity index (χ1n) is 5.62. The van der Waals surface area contributed by atoms with Crippen molar-refractivity contribution >= 4 is 11.9 Å². The Morgan fingerprint density at radius 2 is 2.06 bits per heavy atom. The predicted octanol–water partition coefficient (Wildman–Crippen LogP) is 1.20. The number of hydrogen-bond donors (Lipinski definition) is 2. The van der Waals surface area contributed by atoms with Crippen LogP contribution in [0.5, 0.6) is 0 Å². The fraction of sp³-hybridized carbons (Fsp3) is 0.667. The highest BCUT2D eigenvalue weighted by Crippen LogP contribution is 2.06. The van der Waals surface area contributed by atoms with E-state index in [2.05, 4.69) is 11.9 Å². The second-order valence-corrected chi connectivity index (χ2v) is 4.27. The second kappa shape index (κ2) is 8.75. The lowest BCUT2D eigenvalue weighted by atomic mass is 10.0. The number of rotatable bonds is 9. The van der Waals surface area contributed by atoms with Crippen LogP contribution in [0.25, 0.3) is 0 Å². The molecule has 98 valence electrons. The Labute approximate surface area is 102 Å². The summed E-state index contributed by atoms with van der Waals surface area (Å²) in [7, 11) is 0. The second-order valence-electron chi connectivity index (χ2n) is 4.27. The Bertz CT molecular complexity index is 276. The number of carbonyl (C=O) groups excluding carboxylic acids is 1. The molecule has 2 N–H and O–H groups in total. The average Bonchev–Trinajstić information content (AvgIpc) is 2.14. The molecule has 0 spiro atoms. The van der Waals surface area contributed by atoms with Crippen LogP contribution in [0.3, 0.4) is 0 Å². The minimum atomic E-state index is -0.880. The zero-order valence-corrected chi connectivity index (χ0v) is 10.5. The summed E-state index contributed by atoms with van der Waals surface area (Å²) in [6.45, 7) is 8.66. The first-order chi connectivity index (χ1) is 7.91. The molecule has 0 aliphatic rings. The normalized spacial score (nSPS) is 11.9. The van der Waals surface area contributed by atoms with Gasteiger partial charge in [-0.3, -0.25) is 9.59 Å². The predicted molar refractivity (Wildman–Crippen MR) is 64.7 cm³/mol. The summed E-state index contributed by atoms with van der Waals surface area (Å²) in [5, 5.41) is 11.2. The Morgan fingerprint density at radius 3 is 2.59 bits per heavy atom. The molecular formula is C12H21NO4. The molecule has 0 saturated carbocycles. The molecule has 0 saturated heterocycles. The van der Waals surface area contributed by atoms with Gasteiger partial charge in [0, 0.05) is 19.4 Å². The average molecular weight is 243 g/mol. The van der Waals surface area contributed by atoms with Gasteiger partial charge in [-0.25, -0.2) is 0 Å². The molecule has 1 atom stereocenters. The number of carboxylic acid groups (broad SMARTS) is 1. The van der Waals surface area contributed by atoms with Crippen molar-refractivity contribution in [3.8, 4) is 0 Å². The summed E-state index contributed by atoms with van der Waals surface area (Å²) >= 11 is 0. The van der Waals surface area contributed by atoms with Gasteiger partial charge >= 0.3 is 5.97 Å². The number of amides is 1. The van der Waals surface area contributed by atoms with Gasteiger partial charge in [-0.1, -0.05) is 19.1 Å². The maximum absolute atomic E-state index is 11.4. The minimum Gasteiger partial charge on any atom is -0.481 e. The largest absolute Gasteiger partial charge is 0.481 e. The number of carbonyl (C=O) groups is 2. The molecule has 1 unspecified atom stereocenters. The van der Waals surface area contributed by atoms with Gasteiger partial charge in [0.1, 0.15) is 0 Å². The van der Waals surface area contributed by atoms with E-state index in [1.165, 1.54) is 0 Å². The third-order valence-electron chi connectivity index (χ3n) is 1.97. The highest BCUT2D eigenvalue weighted by Gasteiger charge is 2.11. The number of carboxylic acids is 1. The summed E-state index contributed by atoms with van der Waals surface area (Å²) in [5.41, 5.74) is 0.936. The lowest BCUT2D eigenvalue weighted by Gasteiger charge is -2.09. The van der Waals surface area contributed by atoms with Crippen molar-refractivity contribution in [2.24, 2.45) is 5.92 Å². The van der Waals surface area contributed by atoms with Gasteiger partial charge < -0.3 is 15.2 Å². The highest BCUT2D eigenvalue weighted by atomic mass is 16.5. The van der Waals surface area contributed by atoms with Crippen molar-refractivity contribution < 1.29 is 19.4 Å². The zero-order valence-electron chi connectivity index (χ0n) is 10.5. The van der Waals surface area contributed by atoms with Gasteiger partial charge in [0.05, 0.1) is 13.2 Å². The van der Waals surface area contributed by atoms with Crippen molar-refractivity contribution in [1.82, 2.24) is 5.32 Å². The SMILES string of the molecule is C=C(C)COCCNC(=O)CC(C)CC(=O)O. The van der Waals surface area contributed by atoms with E-state index in [-0.39, 0.29) is 24.7 Å². The number of ether oxygens (including phenoxy) is 1. The Balaban J connectivity index is 3.52. The van der Waals surface area contributed by atoms with Crippen LogP contribution in [-0.2, 0) is 14.3 Å². The minimum absolute atomic E-state index is 0.0135. The molecule has 0 heterocycles. The monoisotopic (exact) mass is 243 g/mol. The quantitative estimate of drug-likeness (QED) is 0.471. The van der Waals surface area contributed by atoms with Crippen molar-refractivity contribution in [2.75, 3.05) is 19.8 Å².